The first-order valence-corrected chi connectivity index (χ1v) is 12.4. The number of anilines is 1. The van der Waals surface area contributed by atoms with Gasteiger partial charge in [0.05, 0.1) is 0 Å². The number of fused-ring (bicyclic) bond motifs is 1. The van der Waals surface area contributed by atoms with Gasteiger partial charge in [0, 0.05) is 16.9 Å². The molecule has 16 heteroatoms. The number of β-lactam (4-membered cyclic amide) rings is 1. The molecule has 0 bridgehead atoms. The number of nitrogens with two attached hydrogens (primary N) is 1. The standard InChI is InChI=1S/C16H14N6O5S4.ClH/c1-5-20-21-16(31-5)30-3-6-2-28-13-8(12(25)22(13)9(6)14(26)27)19-11(24)10(23)7-4-29-15(17)18-7;/h4,8,13H,2-3H2,1H3,(H2,17,18)(H,19,24)(H,26,27);1H/t8?,13-;/m0./s1. The summed E-state index contributed by atoms with van der Waals surface area (Å²) >= 11 is 5.10. The number of aryl methyl sites for hydroxylation is 1. The summed E-state index contributed by atoms with van der Waals surface area (Å²) in [6, 6.07) is -0.994. The summed E-state index contributed by atoms with van der Waals surface area (Å²) in [5.74, 6) is -2.98. The number of nitrogens with zero attached hydrogens (tertiary/aromatic N) is 4. The average Bonchev–Trinajstić information content (AvgIpc) is 3.36. The minimum absolute atomic E-state index is 0. The van der Waals surface area contributed by atoms with E-state index in [2.05, 4.69) is 20.5 Å². The monoisotopic (exact) mass is 534 g/mol. The molecular formula is C16H15ClN6O5S4. The van der Waals surface area contributed by atoms with E-state index >= 15 is 0 Å². The van der Waals surface area contributed by atoms with Gasteiger partial charge in [0.1, 0.15) is 27.8 Å². The molecule has 4 N–H and O–H groups in total. The molecule has 2 amide bonds. The molecule has 1 unspecified atom stereocenters. The number of aliphatic carboxylic acids is 1. The van der Waals surface area contributed by atoms with E-state index < -0.39 is 35.0 Å². The number of carbonyl (C=O) groups is 4. The molecule has 0 saturated carbocycles. The van der Waals surface area contributed by atoms with E-state index in [1.165, 1.54) is 40.2 Å². The molecule has 32 heavy (non-hydrogen) atoms. The van der Waals surface area contributed by atoms with E-state index in [0.29, 0.717) is 21.4 Å². The van der Waals surface area contributed by atoms with Crippen LogP contribution in [0.4, 0.5) is 5.13 Å². The highest BCUT2D eigenvalue weighted by Gasteiger charge is 2.54. The van der Waals surface area contributed by atoms with Crippen LogP contribution in [0.15, 0.2) is 21.0 Å². The lowest BCUT2D eigenvalue weighted by atomic mass is 10.0. The first-order chi connectivity index (χ1) is 14.8. The number of carboxylic acid groups (broad SMARTS) is 1. The first kappa shape index (κ1) is 24.4. The Hall–Kier alpha value is -2.20. The number of nitrogens with one attached hydrogen (secondary N) is 1. The first-order valence-electron chi connectivity index (χ1n) is 8.65. The Bertz CT molecular complexity index is 1130. The maximum absolute atomic E-state index is 12.7. The van der Waals surface area contributed by atoms with E-state index in [9.17, 15) is 24.3 Å². The summed E-state index contributed by atoms with van der Waals surface area (Å²) in [5, 5.41) is 21.7. The van der Waals surface area contributed by atoms with E-state index in [1.807, 2.05) is 6.92 Å². The van der Waals surface area contributed by atoms with Gasteiger partial charge in [-0.1, -0.05) is 23.1 Å². The summed E-state index contributed by atoms with van der Waals surface area (Å²) in [4.78, 5) is 53.9. The van der Waals surface area contributed by atoms with Gasteiger partial charge >= 0.3 is 5.97 Å². The van der Waals surface area contributed by atoms with Gasteiger partial charge in [0.25, 0.3) is 17.6 Å². The summed E-state index contributed by atoms with van der Waals surface area (Å²) in [7, 11) is 0. The molecule has 11 nitrogen and oxygen atoms in total. The van der Waals surface area contributed by atoms with Crippen LogP contribution in [0.5, 0.6) is 0 Å². The molecule has 2 aromatic heterocycles. The number of thiazole rings is 1. The van der Waals surface area contributed by atoms with Crippen LogP contribution in [0.25, 0.3) is 0 Å². The zero-order valence-corrected chi connectivity index (χ0v) is 20.2. The minimum atomic E-state index is -1.22. The highest BCUT2D eigenvalue weighted by Crippen LogP contribution is 2.41. The SMILES string of the molecule is Cc1nnc(SCC2=C(C(=O)O)N3C(=O)C(NC(=O)C(=O)c4csc(N)n4)[C@@H]3SC2)s1.Cl. The van der Waals surface area contributed by atoms with Crippen molar-refractivity contribution in [2.75, 3.05) is 17.2 Å². The molecule has 2 atom stereocenters. The van der Waals surface area contributed by atoms with Gasteiger partial charge in [-0.05, 0) is 12.5 Å². The van der Waals surface area contributed by atoms with Crippen molar-refractivity contribution in [2.45, 2.75) is 22.7 Å². The van der Waals surface area contributed by atoms with Crippen LogP contribution >= 0.6 is 58.6 Å². The van der Waals surface area contributed by atoms with Gasteiger partial charge in [0.15, 0.2) is 9.47 Å². The Morgan fingerprint density at radius 1 is 1.38 bits per heavy atom. The largest absolute Gasteiger partial charge is 0.477 e. The Kier molecular flexibility index (Phi) is 7.44. The number of amides is 2. The van der Waals surface area contributed by atoms with Crippen LogP contribution in [-0.2, 0) is 14.4 Å². The molecule has 2 aliphatic rings. The predicted molar refractivity (Wildman–Crippen MR) is 123 cm³/mol. The van der Waals surface area contributed by atoms with Gasteiger partial charge in [-0.25, -0.2) is 9.78 Å². The van der Waals surface area contributed by atoms with Crippen LogP contribution in [-0.4, -0.2) is 71.7 Å². The molecule has 2 aliphatic heterocycles. The molecule has 1 saturated heterocycles. The molecule has 0 aromatic carbocycles. The fourth-order valence-electron chi connectivity index (χ4n) is 2.99. The van der Waals surface area contributed by atoms with E-state index in [1.54, 1.807) is 0 Å². The van der Waals surface area contributed by atoms with Crippen molar-refractivity contribution >= 4 is 87.3 Å². The summed E-state index contributed by atoms with van der Waals surface area (Å²) in [5.41, 5.74) is 5.87. The topological polar surface area (TPSA) is 168 Å². The van der Waals surface area contributed by atoms with Crippen molar-refractivity contribution in [3.8, 4) is 0 Å². The Balaban J connectivity index is 0.00000289. The van der Waals surface area contributed by atoms with Crippen molar-refractivity contribution < 1.29 is 24.3 Å². The third-order valence-electron chi connectivity index (χ3n) is 4.37. The summed E-state index contributed by atoms with van der Waals surface area (Å²) in [6.45, 7) is 1.83. The molecule has 0 radical (unpaired) electrons. The number of carbonyl (C=O) groups excluding carboxylic acids is 3. The molecule has 170 valence electrons. The average molecular weight is 535 g/mol. The van der Waals surface area contributed by atoms with Gasteiger partial charge in [-0.2, -0.15) is 0 Å². The smallest absolute Gasteiger partial charge is 0.352 e. The van der Waals surface area contributed by atoms with Crippen molar-refractivity contribution in [3.63, 3.8) is 0 Å². The lowest BCUT2D eigenvalue weighted by Crippen LogP contribution is -2.71. The fraction of sp³-hybridized carbons (Fsp3) is 0.312. The fourth-order valence-corrected chi connectivity index (χ4v) is 6.84. The predicted octanol–water partition coefficient (Wildman–Crippen LogP) is 1.02. The van der Waals surface area contributed by atoms with Crippen LogP contribution in [0.1, 0.15) is 15.5 Å². The van der Waals surface area contributed by atoms with Crippen LogP contribution < -0.4 is 11.1 Å². The lowest BCUT2D eigenvalue weighted by molar-refractivity contribution is -0.150. The Morgan fingerprint density at radius 2 is 2.12 bits per heavy atom. The number of carboxylic acids is 1. The van der Waals surface area contributed by atoms with E-state index in [0.717, 1.165) is 21.2 Å². The maximum Gasteiger partial charge on any atom is 0.352 e. The number of Topliss-reactive ketones (excluding diaryl/α,β-unsaturated/α-hetero) is 1. The highest BCUT2D eigenvalue weighted by atomic mass is 35.5. The normalized spacial score (nSPS) is 19.7. The summed E-state index contributed by atoms with van der Waals surface area (Å²) < 4.78 is 0.711. The van der Waals surface area contributed by atoms with Crippen LogP contribution in [0, 0.1) is 6.92 Å². The van der Waals surface area contributed by atoms with Gasteiger partial charge in [-0.3, -0.25) is 19.3 Å². The number of halogens is 1. The Labute approximate surface area is 203 Å². The highest BCUT2D eigenvalue weighted by molar-refractivity contribution is 8.01. The van der Waals surface area contributed by atoms with E-state index in [-0.39, 0.29) is 28.9 Å². The number of nitrogen functional groups attached to an aromatic ring is 1. The van der Waals surface area contributed by atoms with Gasteiger partial charge < -0.3 is 16.2 Å². The van der Waals surface area contributed by atoms with Crippen molar-refractivity contribution in [1.29, 1.82) is 0 Å². The van der Waals surface area contributed by atoms with Crippen LogP contribution in [0.2, 0.25) is 0 Å². The second-order valence-corrected chi connectivity index (χ2v) is 10.8. The second-order valence-electron chi connectivity index (χ2n) is 6.39. The lowest BCUT2D eigenvalue weighted by Gasteiger charge is -2.49. The van der Waals surface area contributed by atoms with Crippen LogP contribution in [0.3, 0.4) is 0 Å². The van der Waals surface area contributed by atoms with Gasteiger partial charge in [-0.15, -0.1) is 45.7 Å². The molecule has 0 spiro atoms. The number of hydrogen-bond donors (Lipinski definition) is 3. The Morgan fingerprint density at radius 3 is 2.72 bits per heavy atom. The maximum atomic E-state index is 12.7. The number of hydrogen-bond acceptors (Lipinski definition) is 12. The number of rotatable bonds is 7. The van der Waals surface area contributed by atoms with E-state index in [4.69, 9.17) is 5.73 Å². The molecule has 4 heterocycles. The molecule has 2 aromatic rings. The number of aromatic nitrogens is 3. The van der Waals surface area contributed by atoms with Crippen molar-refractivity contribution in [3.05, 3.63) is 27.4 Å². The molecule has 1 fully saturated rings. The van der Waals surface area contributed by atoms with Crippen molar-refractivity contribution in [2.24, 2.45) is 0 Å². The quantitative estimate of drug-likeness (QED) is 0.200. The zero-order valence-electron chi connectivity index (χ0n) is 16.1. The molecule has 4 rings (SSSR count). The molecule has 0 aliphatic carbocycles. The number of ketones is 1. The third-order valence-corrected chi connectivity index (χ3v) is 8.45. The summed E-state index contributed by atoms with van der Waals surface area (Å²) in [6.07, 6.45) is 0. The van der Waals surface area contributed by atoms with Crippen molar-refractivity contribution in [1.82, 2.24) is 25.4 Å². The van der Waals surface area contributed by atoms with Gasteiger partial charge in [0.2, 0.25) is 0 Å². The minimum Gasteiger partial charge on any atom is -0.477 e. The second kappa shape index (κ2) is 9.74. The molecular weight excluding hydrogens is 520 g/mol. The zero-order chi connectivity index (χ0) is 22.3. The number of thioether (sulfide) groups is 2. The third kappa shape index (κ3) is 4.61.